The summed E-state index contributed by atoms with van der Waals surface area (Å²) in [6, 6.07) is 6.96. The number of rotatable bonds is 3. The zero-order chi connectivity index (χ0) is 14.8. The lowest BCUT2D eigenvalue weighted by atomic mass is 9.97. The minimum absolute atomic E-state index is 0.153. The van der Waals surface area contributed by atoms with Gasteiger partial charge in [0.1, 0.15) is 5.82 Å². The van der Waals surface area contributed by atoms with Crippen LogP contribution in [0.4, 0.5) is 4.39 Å². The second-order valence-corrected chi connectivity index (χ2v) is 5.91. The van der Waals surface area contributed by atoms with Gasteiger partial charge in [-0.1, -0.05) is 12.5 Å². The highest BCUT2D eigenvalue weighted by molar-refractivity contribution is 5.81. The van der Waals surface area contributed by atoms with Gasteiger partial charge in [0, 0.05) is 24.2 Å². The van der Waals surface area contributed by atoms with Crippen LogP contribution in [0.1, 0.15) is 31.7 Å². The number of aromatic nitrogens is 1. The highest BCUT2D eigenvalue weighted by Gasteiger charge is 2.26. The third-order valence-corrected chi connectivity index (χ3v) is 4.34. The third-order valence-electron chi connectivity index (χ3n) is 4.34. The van der Waals surface area contributed by atoms with E-state index >= 15 is 0 Å². The van der Waals surface area contributed by atoms with Gasteiger partial charge in [-0.05, 0) is 50.1 Å². The molecule has 2 atom stereocenters. The van der Waals surface area contributed by atoms with E-state index in [0.717, 1.165) is 42.3 Å². The summed E-state index contributed by atoms with van der Waals surface area (Å²) in [6.07, 6.45) is 4.65. The van der Waals surface area contributed by atoms with Crippen molar-refractivity contribution in [2.45, 2.75) is 44.9 Å². The van der Waals surface area contributed by atoms with Gasteiger partial charge in [-0.2, -0.15) is 0 Å². The average molecular weight is 288 g/mol. The SMILES string of the molecule is C[C@@H](O)[C@H]1CCCCN1Cc1cc(F)cc2cccnc12. The highest BCUT2D eigenvalue weighted by Crippen LogP contribution is 2.25. The molecule has 2 aromatic rings. The molecule has 112 valence electrons. The van der Waals surface area contributed by atoms with Crippen molar-refractivity contribution in [1.82, 2.24) is 9.88 Å². The lowest BCUT2D eigenvalue weighted by Crippen LogP contribution is -2.45. The first-order chi connectivity index (χ1) is 10.1. The standard InChI is InChI=1S/C17H21FN2O/c1-12(21)16-6-2-3-8-20(16)11-14-10-15(18)9-13-5-4-7-19-17(13)14/h4-5,7,9-10,12,16,21H,2-3,6,8,11H2,1H3/t12-,16-/m1/s1. The third kappa shape index (κ3) is 3.06. The van der Waals surface area contributed by atoms with Gasteiger partial charge >= 0.3 is 0 Å². The molecular formula is C17H21FN2O. The van der Waals surface area contributed by atoms with E-state index in [1.54, 1.807) is 12.3 Å². The molecule has 0 bridgehead atoms. The van der Waals surface area contributed by atoms with Gasteiger partial charge in [0.05, 0.1) is 11.6 Å². The maximum absolute atomic E-state index is 13.8. The number of pyridine rings is 1. The maximum Gasteiger partial charge on any atom is 0.124 e. The lowest BCUT2D eigenvalue weighted by Gasteiger charge is -2.37. The van der Waals surface area contributed by atoms with Gasteiger partial charge in [-0.15, -0.1) is 0 Å². The second-order valence-electron chi connectivity index (χ2n) is 5.91. The molecule has 3 rings (SSSR count). The zero-order valence-electron chi connectivity index (χ0n) is 12.3. The molecule has 3 nitrogen and oxygen atoms in total. The molecule has 21 heavy (non-hydrogen) atoms. The van der Waals surface area contributed by atoms with Crippen LogP contribution in [0.3, 0.4) is 0 Å². The molecule has 1 aliphatic heterocycles. The Hall–Kier alpha value is -1.52. The van der Waals surface area contributed by atoms with E-state index in [1.807, 2.05) is 19.1 Å². The van der Waals surface area contributed by atoms with Crippen LogP contribution in [-0.4, -0.2) is 33.7 Å². The van der Waals surface area contributed by atoms with E-state index in [4.69, 9.17) is 0 Å². The molecule has 4 heteroatoms. The summed E-state index contributed by atoms with van der Waals surface area (Å²) in [4.78, 5) is 6.66. The first-order valence-electron chi connectivity index (χ1n) is 7.60. The Morgan fingerprint density at radius 3 is 3.10 bits per heavy atom. The van der Waals surface area contributed by atoms with Crippen molar-refractivity contribution in [3.63, 3.8) is 0 Å². The van der Waals surface area contributed by atoms with Crippen LogP contribution in [0, 0.1) is 5.82 Å². The molecule has 0 amide bonds. The smallest absolute Gasteiger partial charge is 0.124 e. The first kappa shape index (κ1) is 14.4. The summed E-state index contributed by atoms with van der Waals surface area (Å²) >= 11 is 0. The van der Waals surface area contributed by atoms with Gasteiger partial charge in [0.25, 0.3) is 0 Å². The molecule has 0 unspecified atom stereocenters. The van der Waals surface area contributed by atoms with E-state index in [9.17, 15) is 9.50 Å². The topological polar surface area (TPSA) is 36.4 Å². The highest BCUT2D eigenvalue weighted by atomic mass is 19.1. The quantitative estimate of drug-likeness (QED) is 0.942. The molecule has 0 spiro atoms. The van der Waals surface area contributed by atoms with E-state index in [2.05, 4.69) is 9.88 Å². The fourth-order valence-electron chi connectivity index (χ4n) is 3.33. The predicted molar refractivity (Wildman–Crippen MR) is 81.4 cm³/mol. The van der Waals surface area contributed by atoms with Crippen LogP contribution in [0.5, 0.6) is 0 Å². The number of aliphatic hydroxyl groups excluding tert-OH is 1. The fourth-order valence-corrected chi connectivity index (χ4v) is 3.33. The van der Waals surface area contributed by atoms with E-state index < -0.39 is 0 Å². The Kier molecular flexibility index (Phi) is 4.17. The average Bonchev–Trinajstić information content (AvgIpc) is 2.47. The Bertz CT molecular complexity index is 629. The molecule has 1 aromatic heterocycles. The van der Waals surface area contributed by atoms with E-state index in [-0.39, 0.29) is 18.0 Å². The van der Waals surface area contributed by atoms with E-state index in [0.29, 0.717) is 6.54 Å². The monoisotopic (exact) mass is 288 g/mol. The van der Waals surface area contributed by atoms with Crippen molar-refractivity contribution in [2.24, 2.45) is 0 Å². The predicted octanol–water partition coefficient (Wildman–Crippen LogP) is 3.11. The zero-order valence-corrected chi connectivity index (χ0v) is 12.3. The van der Waals surface area contributed by atoms with Gasteiger partial charge in [0.2, 0.25) is 0 Å². The van der Waals surface area contributed by atoms with Crippen LogP contribution in [-0.2, 0) is 6.54 Å². The van der Waals surface area contributed by atoms with Gasteiger partial charge in [0.15, 0.2) is 0 Å². The van der Waals surface area contributed by atoms with Crippen LogP contribution in [0.25, 0.3) is 10.9 Å². The van der Waals surface area contributed by atoms with Gasteiger partial charge in [-0.25, -0.2) is 4.39 Å². The Morgan fingerprint density at radius 2 is 2.29 bits per heavy atom. The number of fused-ring (bicyclic) bond motifs is 1. The van der Waals surface area contributed by atoms with Crippen molar-refractivity contribution < 1.29 is 9.50 Å². The number of piperidine rings is 1. The number of hydrogen-bond acceptors (Lipinski definition) is 3. The maximum atomic E-state index is 13.8. The molecule has 0 aliphatic carbocycles. The molecule has 1 aromatic carbocycles. The Morgan fingerprint density at radius 1 is 1.43 bits per heavy atom. The lowest BCUT2D eigenvalue weighted by molar-refractivity contribution is 0.0318. The van der Waals surface area contributed by atoms with Crippen molar-refractivity contribution in [1.29, 1.82) is 0 Å². The van der Waals surface area contributed by atoms with Crippen molar-refractivity contribution in [2.75, 3.05) is 6.54 Å². The summed E-state index contributed by atoms with van der Waals surface area (Å²) in [7, 11) is 0. The Labute approximate surface area is 124 Å². The summed E-state index contributed by atoms with van der Waals surface area (Å²) in [5, 5.41) is 10.8. The number of nitrogens with zero attached hydrogens (tertiary/aromatic N) is 2. The largest absolute Gasteiger partial charge is 0.392 e. The molecular weight excluding hydrogens is 267 g/mol. The van der Waals surface area contributed by atoms with Crippen LogP contribution < -0.4 is 0 Å². The number of halogens is 1. The molecule has 2 heterocycles. The minimum Gasteiger partial charge on any atom is -0.392 e. The molecule has 1 fully saturated rings. The van der Waals surface area contributed by atoms with Crippen LogP contribution in [0.2, 0.25) is 0 Å². The molecule has 1 saturated heterocycles. The number of hydrogen-bond donors (Lipinski definition) is 1. The normalized spacial score (nSPS) is 21.6. The number of aliphatic hydroxyl groups is 1. The number of likely N-dealkylation sites (tertiary alicyclic amines) is 1. The van der Waals surface area contributed by atoms with Crippen LogP contribution >= 0.6 is 0 Å². The molecule has 1 N–H and O–H groups in total. The summed E-state index contributed by atoms with van der Waals surface area (Å²) in [5.41, 5.74) is 1.76. The van der Waals surface area contributed by atoms with E-state index in [1.165, 1.54) is 6.07 Å². The summed E-state index contributed by atoms with van der Waals surface area (Å²) in [6.45, 7) is 3.42. The van der Waals surface area contributed by atoms with Gasteiger partial charge < -0.3 is 5.11 Å². The Balaban J connectivity index is 1.93. The molecule has 0 radical (unpaired) electrons. The van der Waals surface area contributed by atoms with Crippen LogP contribution in [0.15, 0.2) is 30.5 Å². The number of benzene rings is 1. The van der Waals surface area contributed by atoms with Crippen molar-refractivity contribution in [3.8, 4) is 0 Å². The fraction of sp³-hybridized carbons (Fsp3) is 0.471. The first-order valence-corrected chi connectivity index (χ1v) is 7.60. The second kappa shape index (κ2) is 6.08. The summed E-state index contributed by atoms with van der Waals surface area (Å²) in [5.74, 6) is -0.226. The molecule has 0 saturated carbocycles. The van der Waals surface area contributed by atoms with Gasteiger partial charge in [-0.3, -0.25) is 9.88 Å². The van der Waals surface area contributed by atoms with Crippen molar-refractivity contribution >= 4 is 10.9 Å². The summed E-state index contributed by atoms with van der Waals surface area (Å²) < 4.78 is 13.8. The molecule has 1 aliphatic rings. The minimum atomic E-state index is -0.363. The van der Waals surface area contributed by atoms with Crippen molar-refractivity contribution in [3.05, 3.63) is 41.8 Å².